The molecule has 0 aliphatic heterocycles. The van der Waals surface area contributed by atoms with Crippen LogP contribution in [0.3, 0.4) is 0 Å². The molecule has 0 aliphatic rings. The van der Waals surface area contributed by atoms with Gasteiger partial charge in [-0.05, 0) is 13.0 Å². The van der Waals surface area contributed by atoms with Gasteiger partial charge in [-0.2, -0.15) is 0 Å². The summed E-state index contributed by atoms with van der Waals surface area (Å²) in [6.07, 6.45) is 2.23. The lowest BCUT2D eigenvalue weighted by Crippen LogP contribution is -2.42. The fourth-order valence-corrected chi connectivity index (χ4v) is 0.994. The number of carbonyl (C=O) groups is 1. The van der Waals surface area contributed by atoms with Gasteiger partial charge in [-0.3, -0.25) is 9.78 Å². The van der Waals surface area contributed by atoms with E-state index >= 15 is 0 Å². The maximum atomic E-state index is 13.1. The largest absolute Gasteiger partial charge is 0.409 e. The van der Waals surface area contributed by atoms with Crippen molar-refractivity contribution in [3.8, 4) is 0 Å². The first-order chi connectivity index (χ1) is 7.56. The lowest BCUT2D eigenvalue weighted by Gasteiger charge is -2.12. The molecule has 1 aromatic rings. The zero-order valence-corrected chi connectivity index (χ0v) is 8.51. The first-order valence-electron chi connectivity index (χ1n) is 4.44. The van der Waals surface area contributed by atoms with E-state index in [9.17, 15) is 9.18 Å². The molecule has 0 bridgehead atoms. The van der Waals surface area contributed by atoms with Crippen LogP contribution in [0.15, 0.2) is 23.6 Å². The van der Waals surface area contributed by atoms with Crippen LogP contribution in [0.4, 0.5) is 4.39 Å². The molecule has 0 fully saturated rings. The average Bonchev–Trinajstić information content (AvgIpc) is 2.28. The second-order valence-electron chi connectivity index (χ2n) is 3.08. The van der Waals surface area contributed by atoms with Gasteiger partial charge in [0.15, 0.2) is 11.7 Å². The summed E-state index contributed by atoms with van der Waals surface area (Å²) in [5.74, 6) is -1.55. The molecule has 1 unspecified atom stereocenters. The smallest absolute Gasteiger partial charge is 0.254 e. The van der Waals surface area contributed by atoms with E-state index in [-0.39, 0.29) is 11.4 Å². The molecule has 0 saturated heterocycles. The van der Waals surface area contributed by atoms with Crippen LogP contribution in [0.25, 0.3) is 0 Å². The average molecular weight is 226 g/mol. The Morgan fingerprint density at radius 2 is 2.44 bits per heavy atom. The number of amides is 1. The number of carbonyl (C=O) groups excluding carboxylic acids is 1. The van der Waals surface area contributed by atoms with E-state index in [4.69, 9.17) is 10.9 Å². The number of nitrogens with zero attached hydrogens (tertiary/aromatic N) is 2. The van der Waals surface area contributed by atoms with Crippen LogP contribution in [0.2, 0.25) is 0 Å². The van der Waals surface area contributed by atoms with E-state index in [1.165, 1.54) is 19.2 Å². The van der Waals surface area contributed by atoms with Crippen molar-refractivity contribution >= 4 is 11.7 Å². The summed E-state index contributed by atoms with van der Waals surface area (Å²) in [5, 5.41) is 13.5. The van der Waals surface area contributed by atoms with Crippen LogP contribution < -0.4 is 11.1 Å². The minimum atomic E-state index is -0.730. The fourth-order valence-electron chi connectivity index (χ4n) is 0.994. The molecular formula is C9H11FN4O2. The second-order valence-corrected chi connectivity index (χ2v) is 3.08. The number of nitrogens with two attached hydrogens (primary N) is 1. The Bertz CT molecular complexity index is 422. The molecule has 0 saturated carbocycles. The number of nitrogens with one attached hydrogen (secondary N) is 1. The summed E-state index contributed by atoms with van der Waals surface area (Å²) < 4.78 is 13.1. The van der Waals surface area contributed by atoms with Crippen LogP contribution in [0, 0.1) is 5.82 Å². The van der Waals surface area contributed by atoms with Crippen LogP contribution >= 0.6 is 0 Å². The summed E-state index contributed by atoms with van der Waals surface area (Å²) in [5.41, 5.74) is 5.11. The molecule has 1 atom stereocenters. The summed E-state index contributed by atoms with van der Waals surface area (Å²) in [6, 6.07) is 0.550. The second kappa shape index (κ2) is 5.06. The standard InChI is InChI=1S/C9H11FN4O2/c1-5(8(11)14-16)13-9(15)6-2-3-12-4-7(6)10/h2-5,16H,1H3,(H2,11,14)(H,13,15). The molecule has 0 aliphatic carbocycles. The van der Waals surface area contributed by atoms with Crippen LogP contribution in [-0.2, 0) is 0 Å². The highest BCUT2D eigenvalue weighted by Gasteiger charge is 2.15. The predicted octanol–water partition coefficient (Wildman–Crippen LogP) is 0.0854. The third-order valence-corrected chi connectivity index (χ3v) is 1.92. The summed E-state index contributed by atoms with van der Waals surface area (Å²) in [4.78, 5) is 15.0. The molecule has 0 aromatic carbocycles. The Labute approximate surface area is 91.0 Å². The Hall–Kier alpha value is -2.18. The van der Waals surface area contributed by atoms with Crippen molar-refractivity contribution in [2.45, 2.75) is 13.0 Å². The van der Waals surface area contributed by atoms with Crippen molar-refractivity contribution in [1.82, 2.24) is 10.3 Å². The topological polar surface area (TPSA) is 101 Å². The van der Waals surface area contributed by atoms with E-state index in [1.807, 2.05) is 0 Å². The van der Waals surface area contributed by atoms with Crippen molar-refractivity contribution < 1.29 is 14.4 Å². The maximum Gasteiger partial charge on any atom is 0.254 e. The first-order valence-corrected chi connectivity index (χ1v) is 4.44. The normalized spacial score (nSPS) is 13.2. The number of amidine groups is 1. The quantitative estimate of drug-likeness (QED) is 0.294. The monoisotopic (exact) mass is 226 g/mol. The molecule has 4 N–H and O–H groups in total. The van der Waals surface area contributed by atoms with Crippen LogP contribution in [0.5, 0.6) is 0 Å². The third-order valence-electron chi connectivity index (χ3n) is 1.92. The number of oxime groups is 1. The third kappa shape index (κ3) is 2.66. The molecule has 1 rings (SSSR count). The maximum absolute atomic E-state index is 13.1. The summed E-state index contributed by atoms with van der Waals surface area (Å²) in [6.45, 7) is 1.51. The molecule has 86 valence electrons. The Morgan fingerprint density at radius 1 is 1.75 bits per heavy atom. The van der Waals surface area contributed by atoms with Crippen molar-refractivity contribution in [2.75, 3.05) is 0 Å². The van der Waals surface area contributed by atoms with E-state index in [2.05, 4.69) is 15.5 Å². The van der Waals surface area contributed by atoms with Gasteiger partial charge in [-0.15, -0.1) is 0 Å². The zero-order valence-electron chi connectivity index (χ0n) is 8.51. The Morgan fingerprint density at radius 3 is 3.00 bits per heavy atom. The number of hydrogen-bond donors (Lipinski definition) is 3. The number of halogens is 1. The van der Waals surface area contributed by atoms with Gasteiger partial charge in [-0.1, -0.05) is 5.16 Å². The molecule has 1 amide bonds. The van der Waals surface area contributed by atoms with Crippen molar-refractivity contribution in [3.63, 3.8) is 0 Å². The van der Waals surface area contributed by atoms with Crippen molar-refractivity contribution in [2.24, 2.45) is 10.9 Å². The lowest BCUT2D eigenvalue weighted by atomic mass is 10.2. The van der Waals surface area contributed by atoms with Gasteiger partial charge >= 0.3 is 0 Å². The fraction of sp³-hybridized carbons (Fsp3) is 0.222. The van der Waals surface area contributed by atoms with Crippen molar-refractivity contribution in [3.05, 3.63) is 29.8 Å². The van der Waals surface area contributed by atoms with Gasteiger partial charge in [0.05, 0.1) is 17.8 Å². The van der Waals surface area contributed by atoms with Gasteiger partial charge in [-0.25, -0.2) is 4.39 Å². The molecule has 6 nitrogen and oxygen atoms in total. The van der Waals surface area contributed by atoms with Crippen LogP contribution in [-0.4, -0.2) is 28.0 Å². The van der Waals surface area contributed by atoms with E-state index in [0.29, 0.717) is 0 Å². The SMILES string of the molecule is CC(NC(=O)c1ccncc1F)C(N)=NO. The number of pyridine rings is 1. The summed E-state index contributed by atoms with van der Waals surface area (Å²) >= 11 is 0. The Kier molecular flexibility index (Phi) is 3.76. The molecule has 16 heavy (non-hydrogen) atoms. The van der Waals surface area contributed by atoms with Gasteiger partial charge < -0.3 is 16.3 Å². The minimum Gasteiger partial charge on any atom is -0.409 e. The molecule has 7 heteroatoms. The number of aromatic nitrogens is 1. The van der Waals surface area contributed by atoms with Crippen LogP contribution in [0.1, 0.15) is 17.3 Å². The van der Waals surface area contributed by atoms with Gasteiger partial charge in [0, 0.05) is 6.20 Å². The highest BCUT2D eigenvalue weighted by molar-refractivity contribution is 5.98. The molecule has 1 aromatic heterocycles. The van der Waals surface area contributed by atoms with Gasteiger partial charge in [0.25, 0.3) is 5.91 Å². The number of hydrogen-bond acceptors (Lipinski definition) is 4. The lowest BCUT2D eigenvalue weighted by molar-refractivity contribution is 0.0944. The highest BCUT2D eigenvalue weighted by Crippen LogP contribution is 2.04. The molecular weight excluding hydrogens is 215 g/mol. The highest BCUT2D eigenvalue weighted by atomic mass is 19.1. The van der Waals surface area contributed by atoms with Gasteiger partial charge in [0.2, 0.25) is 0 Å². The van der Waals surface area contributed by atoms with E-state index in [1.54, 1.807) is 0 Å². The predicted molar refractivity (Wildman–Crippen MR) is 54.5 cm³/mol. The van der Waals surface area contributed by atoms with E-state index < -0.39 is 17.8 Å². The molecule has 0 spiro atoms. The van der Waals surface area contributed by atoms with Crippen molar-refractivity contribution in [1.29, 1.82) is 0 Å². The molecule has 1 heterocycles. The number of rotatable bonds is 3. The first kappa shape index (κ1) is 11.9. The summed E-state index contributed by atoms with van der Waals surface area (Å²) in [7, 11) is 0. The zero-order chi connectivity index (χ0) is 12.1. The Balaban J connectivity index is 2.78. The van der Waals surface area contributed by atoms with Gasteiger partial charge in [0.1, 0.15) is 0 Å². The minimum absolute atomic E-state index is 0.146. The van der Waals surface area contributed by atoms with E-state index in [0.717, 1.165) is 6.20 Å². The molecule has 0 radical (unpaired) electrons.